The van der Waals surface area contributed by atoms with Crippen molar-refractivity contribution in [3.05, 3.63) is 59.2 Å². The molecule has 0 aliphatic heterocycles. The molecule has 0 aliphatic carbocycles. The smallest absolute Gasteiger partial charge is 0.416 e. The lowest BCUT2D eigenvalue weighted by molar-refractivity contribution is -0.137. The monoisotopic (exact) mass is 419 g/mol. The molecule has 0 saturated carbocycles. The highest BCUT2D eigenvalue weighted by atomic mass is 32.2. The number of methoxy groups -OCH3 is 2. The summed E-state index contributed by atoms with van der Waals surface area (Å²) in [5.41, 5.74) is -0.249. The second-order valence-corrected chi connectivity index (χ2v) is 7.74. The summed E-state index contributed by atoms with van der Waals surface area (Å²) in [6.45, 7) is -0.307. The van der Waals surface area contributed by atoms with Gasteiger partial charge < -0.3 is 14.6 Å². The summed E-state index contributed by atoms with van der Waals surface area (Å²) in [5, 5.41) is 10.2. The molecule has 0 fully saturated rings. The first kappa shape index (κ1) is 22.0. The van der Waals surface area contributed by atoms with Crippen LogP contribution in [0.4, 0.5) is 13.2 Å². The molecular weight excluding hydrogens is 399 g/mol. The summed E-state index contributed by atoms with van der Waals surface area (Å²) in [6.07, 6.45) is -5.64. The van der Waals surface area contributed by atoms with Gasteiger partial charge in [-0.3, -0.25) is 0 Å². The van der Waals surface area contributed by atoms with E-state index in [0.29, 0.717) is 17.1 Å². The molecule has 1 unspecified atom stereocenters. The molecular formula is C18H20F3NO5S. The summed E-state index contributed by atoms with van der Waals surface area (Å²) in [4.78, 5) is 0. The van der Waals surface area contributed by atoms with Crippen molar-refractivity contribution in [2.24, 2.45) is 0 Å². The van der Waals surface area contributed by atoms with Crippen LogP contribution in [0.25, 0.3) is 0 Å². The molecule has 2 N–H and O–H groups in total. The zero-order valence-electron chi connectivity index (χ0n) is 15.2. The van der Waals surface area contributed by atoms with Crippen LogP contribution >= 0.6 is 0 Å². The van der Waals surface area contributed by atoms with Gasteiger partial charge in [-0.2, -0.15) is 13.2 Å². The molecule has 0 aromatic heterocycles. The van der Waals surface area contributed by atoms with E-state index in [9.17, 15) is 26.7 Å². The third-order valence-corrected chi connectivity index (χ3v) is 5.25. The summed E-state index contributed by atoms with van der Waals surface area (Å²) in [6, 6.07) is 8.52. The lowest BCUT2D eigenvalue weighted by Crippen LogP contribution is -2.29. The highest BCUT2D eigenvalue weighted by Gasteiger charge is 2.30. The summed E-state index contributed by atoms with van der Waals surface area (Å²) >= 11 is 0. The van der Waals surface area contributed by atoms with Gasteiger partial charge in [0.25, 0.3) is 0 Å². The molecule has 0 radical (unpaired) electrons. The zero-order chi connectivity index (χ0) is 20.9. The highest BCUT2D eigenvalue weighted by molar-refractivity contribution is 7.88. The Balaban J connectivity index is 2.01. The molecule has 10 heteroatoms. The highest BCUT2D eigenvalue weighted by Crippen LogP contribution is 2.30. The van der Waals surface area contributed by atoms with Crippen molar-refractivity contribution in [2.45, 2.75) is 18.0 Å². The number of rotatable bonds is 8. The molecule has 6 nitrogen and oxygen atoms in total. The molecule has 0 aliphatic rings. The van der Waals surface area contributed by atoms with Crippen molar-refractivity contribution in [1.29, 1.82) is 0 Å². The minimum absolute atomic E-state index is 0.195. The number of nitrogens with one attached hydrogen (secondary N) is 1. The van der Waals surface area contributed by atoms with E-state index >= 15 is 0 Å². The fourth-order valence-electron chi connectivity index (χ4n) is 2.44. The largest absolute Gasteiger partial charge is 0.493 e. The van der Waals surface area contributed by atoms with Gasteiger partial charge in [-0.15, -0.1) is 0 Å². The Morgan fingerprint density at radius 3 is 2.18 bits per heavy atom. The third-order valence-electron chi connectivity index (χ3n) is 3.93. The average Bonchev–Trinajstić information content (AvgIpc) is 2.65. The number of hydrogen-bond donors (Lipinski definition) is 2. The topological polar surface area (TPSA) is 84.9 Å². The van der Waals surface area contributed by atoms with Crippen LogP contribution in [0.15, 0.2) is 42.5 Å². The Labute approximate surface area is 161 Å². The lowest BCUT2D eigenvalue weighted by Gasteiger charge is -2.15. The molecule has 154 valence electrons. The van der Waals surface area contributed by atoms with E-state index in [0.717, 1.165) is 24.3 Å². The number of halogens is 3. The van der Waals surface area contributed by atoms with Gasteiger partial charge in [-0.05, 0) is 35.4 Å². The first-order valence-corrected chi connectivity index (χ1v) is 9.74. The van der Waals surface area contributed by atoms with Gasteiger partial charge in [0.2, 0.25) is 10.0 Å². The predicted octanol–water partition coefficient (Wildman–Crippen LogP) is 2.88. The summed E-state index contributed by atoms with van der Waals surface area (Å²) in [7, 11) is -0.969. The molecule has 2 aromatic carbocycles. The van der Waals surface area contributed by atoms with Crippen molar-refractivity contribution in [1.82, 2.24) is 4.72 Å². The number of hydrogen-bond acceptors (Lipinski definition) is 5. The zero-order valence-corrected chi connectivity index (χ0v) is 16.0. The molecule has 0 spiro atoms. The van der Waals surface area contributed by atoms with E-state index in [1.54, 1.807) is 12.1 Å². The molecule has 0 heterocycles. The second-order valence-electron chi connectivity index (χ2n) is 5.93. The minimum atomic E-state index is -4.49. The maximum atomic E-state index is 12.6. The molecule has 2 rings (SSSR count). The Bertz CT molecular complexity index is 898. The lowest BCUT2D eigenvalue weighted by atomic mass is 10.1. The van der Waals surface area contributed by atoms with Gasteiger partial charge >= 0.3 is 6.18 Å². The van der Waals surface area contributed by atoms with E-state index in [1.807, 2.05) is 0 Å². The maximum Gasteiger partial charge on any atom is 0.416 e. The Kier molecular flexibility index (Phi) is 6.91. The Morgan fingerprint density at radius 2 is 1.64 bits per heavy atom. The fraction of sp³-hybridized carbons (Fsp3) is 0.333. The molecule has 0 bridgehead atoms. The van der Waals surface area contributed by atoms with Gasteiger partial charge in [0.05, 0.1) is 31.6 Å². The Hall–Kier alpha value is -2.30. The van der Waals surface area contributed by atoms with Crippen LogP contribution in [0, 0.1) is 0 Å². The van der Waals surface area contributed by atoms with E-state index in [1.165, 1.54) is 20.3 Å². The van der Waals surface area contributed by atoms with Crippen molar-refractivity contribution < 1.29 is 36.2 Å². The van der Waals surface area contributed by atoms with Crippen molar-refractivity contribution in [2.75, 3.05) is 20.8 Å². The first-order chi connectivity index (χ1) is 13.1. The normalized spacial score (nSPS) is 13.2. The van der Waals surface area contributed by atoms with Gasteiger partial charge in [0.1, 0.15) is 0 Å². The minimum Gasteiger partial charge on any atom is -0.493 e. The molecule has 1 atom stereocenters. The SMILES string of the molecule is COc1ccc(C(O)CNS(=O)(=O)Cc2ccc(C(F)(F)F)cc2)cc1OC. The van der Waals surface area contributed by atoms with Gasteiger partial charge in [-0.25, -0.2) is 13.1 Å². The number of sulfonamides is 1. The van der Waals surface area contributed by atoms with Crippen LogP contribution in [0.3, 0.4) is 0 Å². The van der Waals surface area contributed by atoms with Crippen LogP contribution in [-0.2, 0) is 22.0 Å². The van der Waals surface area contributed by atoms with Gasteiger partial charge in [0, 0.05) is 6.54 Å². The molecule has 0 saturated heterocycles. The second kappa shape index (κ2) is 8.80. The van der Waals surface area contributed by atoms with Crippen LogP contribution in [-0.4, -0.2) is 34.3 Å². The number of aliphatic hydroxyl groups excluding tert-OH is 1. The number of aliphatic hydroxyl groups is 1. The first-order valence-electron chi connectivity index (χ1n) is 8.09. The van der Waals surface area contributed by atoms with Crippen LogP contribution in [0.2, 0.25) is 0 Å². The van der Waals surface area contributed by atoms with E-state index in [-0.39, 0.29) is 12.1 Å². The van der Waals surface area contributed by atoms with E-state index < -0.39 is 33.6 Å². The average molecular weight is 419 g/mol. The number of alkyl halides is 3. The van der Waals surface area contributed by atoms with Crippen LogP contribution in [0.5, 0.6) is 11.5 Å². The molecule has 0 amide bonds. The molecule has 28 heavy (non-hydrogen) atoms. The predicted molar refractivity (Wildman–Crippen MR) is 96.6 cm³/mol. The standard InChI is InChI=1S/C18H20F3NO5S/c1-26-16-8-5-13(9-17(16)27-2)15(23)10-22-28(24,25)11-12-3-6-14(7-4-12)18(19,20)21/h3-9,15,22-23H,10-11H2,1-2H3. The fourth-order valence-corrected chi connectivity index (χ4v) is 3.59. The third kappa shape index (κ3) is 5.85. The summed E-state index contributed by atoms with van der Waals surface area (Å²) in [5.74, 6) is 0.331. The van der Waals surface area contributed by atoms with Crippen molar-refractivity contribution in [3.8, 4) is 11.5 Å². The van der Waals surface area contributed by atoms with Gasteiger partial charge in [-0.1, -0.05) is 18.2 Å². The number of benzene rings is 2. The maximum absolute atomic E-state index is 12.6. The number of ether oxygens (including phenoxy) is 2. The van der Waals surface area contributed by atoms with Crippen molar-refractivity contribution in [3.63, 3.8) is 0 Å². The summed E-state index contributed by atoms with van der Waals surface area (Å²) < 4.78 is 74.4. The van der Waals surface area contributed by atoms with Gasteiger partial charge in [0.15, 0.2) is 11.5 Å². The van der Waals surface area contributed by atoms with Crippen LogP contribution < -0.4 is 14.2 Å². The van der Waals surface area contributed by atoms with E-state index in [4.69, 9.17) is 9.47 Å². The van der Waals surface area contributed by atoms with Crippen LogP contribution in [0.1, 0.15) is 22.8 Å². The molecule has 2 aromatic rings. The Morgan fingerprint density at radius 1 is 1.04 bits per heavy atom. The van der Waals surface area contributed by atoms with Crippen molar-refractivity contribution >= 4 is 10.0 Å². The quantitative estimate of drug-likeness (QED) is 0.687. The van der Waals surface area contributed by atoms with E-state index in [2.05, 4.69) is 4.72 Å².